The van der Waals surface area contributed by atoms with Gasteiger partial charge in [0, 0.05) is 5.56 Å². The van der Waals surface area contributed by atoms with Crippen LogP contribution in [-0.4, -0.2) is 6.61 Å². The van der Waals surface area contributed by atoms with Gasteiger partial charge >= 0.3 is 0 Å². The van der Waals surface area contributed by atoms with E-state index in [2.05, 4.69) is 26.0 Å². The molecule has 0 atom stereocenters. The van der Waals surface area contributed by atoms with Crippen LogP contribution < -0.4 is 4.74 Å². The van der Waals surface area contributed by atoms with Gasteiger partial charge in [-0.05, 0) is 85.5 Å². The summed E-state index contributed by atoms with van der Waals surface area (Å²) < 4.78 is 35.1. The Hall–Kier alpha value is -1.90. The summed E-state index contributed by atoms with van der Waals surface area (Å²) in [4.78, 5) is 0. The van der Waals surface area contributed by atoms with Gasteiger partial charge in [0.05, 0.1) is 6.61 Å². The topological polar surface area (TPSA) is 9.23 Å². The number of hydrogen-bond donors (Lipinski definition) is 0. The van der Waals surface area contributed by atoms with Crippen molar-refractivity contribution in [2.45, 2.75) is 109 Å². The molecule has 3 heteroatoms. The molecule has 0 unspecified atom stereocenters. The minimum absolute atomic E-state index is 0.0140. The predicted octanol–water partition coefficient (Wildman–Crippen LogP) is 9.76. The number of hydrogen-bond acceptors (Lipinski definition) is 1. The predicted molar refractivity (Wildman–Crippen MR) is 137 cm³/mol. The molecule has 2 bridgehead atoms. The molecule has 0 radical (unpaired) electrons. The lowest BCUT2D eigenvalue weighted by Gasteiger charge is -2.54. The van der Waals surface area contributed by atoms with Gasteiger partial charge in [-0.3, -0.25) is 0 Å². The third kappa shape index (κ3) is 5.34. The van der Waals surface area contributed by atoms with Crippen LogP contribution in [0.2, 0.25) is 0 Å². The highest BCUT2D eigenvalue weighted by molar-refractivity contribution is 5.66. The Morgan fingerprint density at radius 3 is 2.00 bits per heavy atom. The Balaban J connectivity index is 1.41. The van der Waals surface area contributed by atoms with E-state index in [0.717, 1.165) is 31.2 Å². The summed E-state index contributed by atoms with van der Waals surface area (Å²) in [6.45, 7) is 4.85. The quantitative estimate of drug-likeness (QED) is 0.282. The molecule has 0 spiro atoms. The first kappa shape index (κ1) is 25.2. The van der Waals surface area contributed by atoms with E-state index >= 15 is 0 Å². The van der Waals surface area contributed by atoms with Crippen LogP contribution in [0.5, 0.6) is 5.75 Å². The molecule has 2 aromatic rings. The van der Waals surface area contributed by atoms with E-state index in [1.165, 1.54) is 69.8 Å². The third-order valence-electron chi connectivity index (χ3n) is 8.82. The monoisotopic (exact) mass is 468 g/mol. The Labute approximate surface area is 205 Å². The van der Waals surface area contributed by atoms with E-state index in [0.29, 0.717) is 17.6 Å². The number of rotatable bonds is 12. The van der Waals surface area contributed by atoms with Gasteiger partial charge in [-0.25, -0.2) is 4.39 Å². The van der Waals surface area contributed by atoms with Gasteiger partial charge in [0.1, 0.15) is 0 Å². The van der Waals surface area contributed by atoms with Crippen molar-refractivity contribution < 1.29 is 13.5 Å². The number of fused-ring (bicyclic) bond motifs is 3. The van der Waals surface area contributed by atoms with Crippen LogP contribution in [-0.2, 0) is 5.41 Å². The maximum Gasteiger partial charge on any atom is 0.201 e. The second kappa shape index (κ2) is 11.2. The smallest absolute Gasteiger partial charge is 0.201 e. The minimum atomic E-state index is -0.880. The van der Waals surface area contributed by atoms with E-state index in [9.17, 15) is 8.78 Å². The van der Waals surface area contributed by atoms with Gasteiger partial charge in [-0.1, -0.05) is 76.6 Å². The fraction of sp³-hybridized carbons (Fsp3) is 0.613. The second-order valence-electron chi connectivity index (χ2n) is 11.0. The summed E-state index contributed by atoms with van der Waals surface area (Å²) in [5, 5.41) is 0. The lowest BCUT2D eigenvalue weighted by Crippen LogP contribution is -2.44. The van der Waals surface area contributed by atoms with Gasteiger partial charge in [0.15, 0.2) is 11.6 Å². The second-order valence-corrected chi connectivity index (χ2v) is 11.0. The van der Waals surface area contributed by atoms with Crippen LogP contribution in [0.25, 0.3) is 11.1 Å². The first-order valence-electron chi connectivity index (χ1n) is 13.7. The fourth-order valence-electron chi connectivity index (χ4n) is 6.40. The van der Waals surface area contributed by atoms with Crippen LogP contribution in [0.15, 0.2) is 36.4 Å². The van der Waals surface area contributed by atoms with Crippen molar-refractivity contribution in [1.82, 2.24) is 0 Å². The molecule has 3 fully saturated rings. The molecule has 3 aliphatic carbocycles. The Bertz CT molecular complexity index is 909. The molecule has 3 saturated carbocycles. The van der Waals surface area contributed by atoms with Crippen molar-refractivity contribution in [2.75, 3.05) is 6.61 Å². The van der Waals surface area contributed by atoms with Gasteiger partial charge in [0.25, 0.3) is 0 Å². The third-order valence-corrected chi connectivity index (χ3v) is 8.82. The average Bonchev–Trinajstić information content (AvgIpc) is 2.88. The fourth-order valence-corrected chi connectivity index (χ4v) is 6.40. The molecule has 0 aromatic heterocycles. The molecule has 34 heavy (non-hydrogen) atoms. The number of unbranched alkanes of at least 4 members (excludes halogenated alkanes) is 5. The molecular formula is C31H42F2O. The van der Waals surface area contributed by atoms with Crippen molar-refractivity contribution >= 4 is 0 Å². The summed E-state index contributed by atoms with van der Waals surface area (Å²) in [6, 6.07) is 11.5. The lowest BCUT2D eigenvalue weighted by molar-refractivity contribution is 0.0305. The SMILES string of the molecule is CCCCCCOc1ccc(-c2ccc(C34CCC(CCCCC)(CC3)CC4)cc2)c(F)c1F. The molecule has 0 aliphatic heterocycles. The molecule has 0 amide bonds. The summed E-state index contributed by atoms with van der Waals surface area (Å²) >= 11 is 0. The highest BCUT2D eigenvalue weighted by Gasteiger charge is 2.48. The highest BCUT2D eigenvalue weighted by Crippen LogP contribution is 2.59. The van der Waals surface area contributed by atoms with E-state index in [1.807, 2.05) is 12.1 Å². The van der Waals surface area contributed by atoms with Crippen LogP contribution in [0, 0.1) is 17.0 Å². The van der Waals surface area contributed by atoms with E-state index in [1.54, 1.807) is 12.1 Å². The maximum atomic E-state index is 14.9. The standard InChI is InChI=1S/C31H42F2O/c1-3-5-7-9-23-34-27-15-14-26(28(32)29(27)33)24-10-12-25(13-11-24)31-20-17-30(18-21-31,19-22-31)16-8-6-4-2/h10-15H,3-9,16-23H2,1-2H3. The molecule has 2 aromatic carbocycles. The summed E-state index contributed by atoms with van der Waals surface area (Å²) in [6.07, 6.45) is 17.5. The maximum absolute atomic E-state index is 14.9. The van der Waals surface area contributed by atoms with Crippen molar-refractivity contribution in [1.29, 1.82) is 0 Å². The first-order chi connectivity index (χ1) is 16.5. The molecule has 3 aliphatic rings. The molecule has 0 N–H and O–H groups in total. The largest absolute Gasteiger partial charge is 0.490 e. The van der Waals surface area contributed by atoms with E-state index in [4.69, 9.17) is 4.74 Å². The Kier molecular flexibility index (Phi) is 8.32. The van der Waals surface area contributed by atoms with Gasteiger partial charge in [0.2, 0.25) is 5.82 Å². The Morgan fingerprint density at radius 2 is 1.35 bits per heavy atom. The van der Waals surface area contributed by atoms with Crippen LogP contribution in [0.4, 0.5) is 8.78 Å². The summed E-state index contributed by atoms with van der Waals surface area (Å²) in [5.41, 5.74) is 3.29. The van der Waals surface area contributed by atoms with Crippen molar-refractivity contribution in [2.24, 2.45) is 5.41 Å². The normalized spacial score (nSPS) is 23.9. The van der Waals surface area contributed by atoms with Crippen LogP contribution in [0.1, 0.15) is 109 Å². The number of ether oxygens (including phenoxy) is 1. The summed E-state index contributed by atoms with van der Waals surface area (Å²) in [7, 11) is 0. The molecular weight excluding hydrogens is 426 g/mol. The van der Waals surface area contributed by atoms with Crippen molar-refractivity contribution in [3.05, 3.63) is 53.6 Å². The first-order valence-corrected chi connectivity index (χ1v) is 13.7. The molecule has 0 saturated heterocycles. The lowest BCUT2D eigenvalue weighted by atomic mass is 9.51. The molecule has 0 heterocycles. The Morgan fingerprint density at radius 1 is 0.706 bits per heavy atom. The van der Waals surface area contributed by atoms with E-state index in [-0.39, 0.29) is 11.2 Å². The molecule has 1 nitrogen and oxygen atoms in total. The zero-order valence-corrected chi connectivity index (χ0v) is 21.2. The van der Waals surface area contributed by atoms with Gasteiger partial charge in [-0.15, -0.1) is 0 Å². The minimum Gasteiger partial charge on any atom is -0.490 e. The molecule has 186 valence electrons. The van der Waals surface area contributed by atoms with Crippen LogP contribution in [0.3, 0.4) is 0 Å². The zero-order chi connectivity index (χ0) is 24.0. The molecule has 5 rings (SSSR count). The van der Waals surface area contributed by atoms with Crippen LogP contribution >= 0.6 is 0 Å². The number of benzene rings is 2. The number of halogens is 2. The van der Waals surface area contributed by atoms with Crippen molar-refractivity contribution in [3.8, 4) is 16.9 Å². The zero-order valence-electron chi connectivity index (χ0n) is 21.2. The van der Waals surface area contributed by atoms with Gasteiger partial charge in [-0.2, -0.15) is 4.39 Å². The van der Waals surface area contributed by atoms with Crippen molar-refractivity contribution in [3.63, 3.8) is 0 Å². The van der Waals surface area contributed by atoms with E-state index < -0.39 is 11.6 Å². The highest BCUT2D eigenvalue weighted by atomic mass is 19.2. The van der Waals surface area contributed by atoms with Gasteiger partial charge < -0.3 is 4.74 Å². The summed E-state index contributed by atoms with van der Waals surface area (Å²) in [5.74, 6) is -1.68. The average molecular weight is 469 g/mol.